The maximum absolute atomic E-state index is 5.18. The van der Waals surface area contributed by atoms with E-state index in [-0.39, 0.29) is 0 Å². The number of likely N-dealkylation sites (N-methyl/N-ethyl adjacent to an activating group) is 1. The van der Waals surface area contributed by atoms with Crippen LogP contribution in [0.1, 0.15) is 25.1 Å². The Morgan fingerprint density at radius 1 is 1.57 bits per heavy atom. The SMILES string of the molecule is CCc1noc(C2=CCN(C)CC2)n1. The van der Waals surface area contributed by atoms with Crippen molar-refractivity contribution in [2.24, 2.45) is 0 Å². The summed E-state index contributed by atoms with van der Waals surface area (Å²) in [5.74, 6) is 1.50. The highest BCUT2D eigenvalue weighted by Gasteiger charge is 2.14. The first-order valence-electron chi connectivity index (χ1n) is 5.00. The molecule has 14 heavy (non-hydrogen) atoms. The molecule has 4 nitrogen and oxygen atoms in total. The molecule has 1 aromatic heterocycles. The van der Waals surface area contributed by atoms with Crippen molar-refractivity contribution in [1.29, 1.82) is 0 Å². The van der Waals surface area contributed by atoms with Crippen LogP contribution < -0.4 is 0 Å². The predicted molar refractivity (Wildman–Crippen MR) is 53.8 cm³/mol. The molecule has 2 heterocycles. The molecule has 1 aliphatic rings. The first-order chi connectivity index (χ1) is 6.79. The number of nitrogens with zero attached hydrogens (tertiary/aromatic N) is 3. The molecule has 2 rings (SSSR count). The molecular formula is C10H15N3O. The van der Waals surface area contributed by atoms with E-state index >= 15 is 0 Å². The molecular weight excluding hydrogens is 178 g/mol. The Morgan fingerprint density at radius 2 is 2.43 bits per heavy atom. The summed E-state index contributed by atoms with van der Waals surface area (Å²) >= 11 is 0. The van der Waals surface area contributed by atoms with Crippen LogP contribution in [0.5, 0.6) is 0 Å². The van der Waals surface area contributed by atoms with Crippen LogP contribution in [-0.2, 0) is 6.42 Å². The fourth-order valence-electron chi connectivity index (χ4n) is 1.49. The second-order valence-corrected chi connectivity index (χ2v) is 3.61. The molecule has 0 spiro atoms. The minimum absolute atomic E-state index is 0.704. The number of hydrogen-bond acceptors (Lipinski definition) is 4. The molecule has 0 radical (unpaired) electrons. The van der Waals surface area contributed by atoms with Gasteiger partial charge in [-0.05, 0) is 13.5 Å². The number of aryl methyl sites for hydroxylation is 1. The quantitative estimate of drug-likeness (QED) is 0.711. The lowest BCUT2D eigenvalue weighted by molar-refractivity contribution is 0.359. The lowest BCUT2D eigenvalue weighted by atomic mass is 10.1. The van der Waals surface area contributed by atoms with E-state index in [1.54, 1.807) is 0 Å². The molecule has 0 aromatic carbocycles. The summed E-state index contributed by atoms with van der Waals surface area (Å²) in [6.07, 6.45) is 4.00. The van der Waals surface area contributed by atoms with Gasteiger partial charge in [-0.25, -0.2) is 0 Å². The van der Waals surface area contributed by atoms with Crippen LogP contribution in [0.3, 0.4) is 0 Å². The molecule has 76 valence electrons. The summed E-state index contributed by atoms with van der Waals surface area (Å²) in [5, 5.41) is 3.89. The largest absolute Gasteiger partial charge is 0.334 e. The summed E-state index contributed by atoms with van der Waals surface area (Å²) in [7, 11) is 2.11. The summed E-state index contributed by atoms with van der Waals surface area (Å²) in [5.41, 5.74) is 1.19. The second-order valence-electron chi connectivity index (χ2n) is 3.61. The molecule has 0 saturated carbocycles. The molecule has 4 heteroatoms. The van der Waals surface area contributed by atoms with Gasteiger partial charge >= 0.3 is 0 Å². The van der Waals surface area contributed by atoms with E-state index in [1.807, 2.05) is 6.92 Å². The van der Waals surface area contributed by atoms with Gasteiger partial charge in [0, 0.05) is 25.1 Å². The number of rotatable bonds is 2. The number of hydrogen-bond donors (Lipinski definition) is 0. The highest BCUT2D eigenvalue weighted by atomic mass is 16.5. The molecule has 0 unspecified atom stereocenters. The summed E-state index contributed by atoms with van der Waals surface area (Å²) in [6, 6.07) is 0. The Labute approximate surface area is 83.6 Å². The Kier molecular flexibility index (Phi) is 2.63. The fraction of sp³-hybridized carbons (Fsp3) is 0.600. The van der Waals surface area contributed by atoms with Gasteiger partial charge in [-0.3, -0.25) is 0 Å². The third-order valence-electron chi connectivity index (χ3n) is 2.47. The van der Waals surface area contributed by atoms with E-state index in [1.165, 1.54) is 5.57 Å². The van der Waals surface area contributed by atoms with Crippen LogP contribution in [0, 0.1) is 0 Å². The van der Waals surface area contributed by atoms with Crippen molar-refractivity contribution in [1.82, 2.24) is 15.0 Å². The zero-order valence-electron chi connectivity index (χ0n) is 8.66. The van der Waals surface area contributed by atoms with E-state index in [2.05, 4.69) is 28.2 Å². The predicted octanol–water partition coefficient (Wildman–Crippen LogP) is 1.35. The fourth-order valence-corrected chi connectivity index (χ4v) is 1.49. The molecule has 1 aliphatic heterocycles. The van der Waals surface area contributed by atoms with Crippen molar-refractivity contribution in [2.75, 3.05) is 20.1 Å². The molecule has 0 bridgehead atoms. The van der Waals surface area contributed by atoms with Crippen LogP contribution in [0.2, 0.25) is 0 Å². The zero-order valence-corrected chi connectivity index (χ0v) is 8.66. The average molecular weight is 193 g/mol. The van der Waals surface area contributed by atoms with E-state index in [4.69, 9.17) is 4.52 Å². The van der Waals surface area contributed by atoms with Crippen molar-refractivity contribution < 1.29 is 4.52 Å². The molecule has 0 fully saturated rings. The summed E-state index contributed by atoms with van der Waals surface area (Å²) in [4.78, 5) is 6.58. The lowest BCUT2D eigenvalue weighted by Crippen LogP contribution is -2.23. The third kappa shape index (κ3) is 1.85. The lowest BCUT2D eigenvalue weighted by Gasteiger charge is -2.19. The van der Waals surface area contributed by atoms with Crippen molar-refractivity contribution in [3.8, 4) is 0 Å². The molecule has 1 aromatic rings. The van der Waals surface area contributed by atoms with E-state index in [0.29, 0.717) is 5.89 Å². The van der Waals surface area contributed by atoms with Crippen molar-refractivity contribution >= 4 is 5.57 Å². The average Bonchev–Trinajstić information content (AvgIpc) is 2.67. The standard InChI is InChI=1S/C10H15N3O/c1-3-9-11-10(14-12-9)8-4-6-13(2)7-5-8/h4H,3,5-7H2,1-2H3. The van der Waals surface area contributed by atoms with Gasteiger partial charge in [-0.15, -0.1) is 0 Å². The van der Waals surface area contributed by atoms with Crippen LogP contribution in [0.15, 0.2) is 10.6 Å². The van der Waals surface area contributed by atoms with E-state index in [9.17, 15) is 0 Å². The van der Waals surface area contributed by atoms with Gasteiger partial charge < -0.3 is 9.42 Å². The van der Waals surface area contributed by atoms with Crippen molar-refractivity contribution in [3.05, 3.63) is 17.8 Å². The topological polar surface area (TPSA) is 42.2 Å². The zero-order chi connectivity index (χ0) is 9.97. The van der Waals surface area contributed by atoms with Gasteiger partial charge in [0.1, 0.15) is 0 Å². The molecule has 0 aliphatic carbocycles. The molecule has 0 saturated heterocycles. The monoisotopic (exact) mass is 193 g/mol. The smallest absolute Gasteiger partial charge is 0.253 e. The summed E-state index contributed by atoms with van der Waals surface area (Å²) in [6.45, 7) is 4.06. The van der Waals surface area contributed by atoms with Crippen LogP contribution >= 0.6 is 0 Å². The Bertz CT molecular complexity index is 343. The Balaban J connectivity index is 2.15. The number of aromatic nitrogens is 2. The van der Waals surface area contributed by atoms with Gasteiger partial charge in [0.2, 0.25) is 0 Å². The van der Waals surface area contributed by atoms with Gasteiger partial charge in [0.25, 0.3) is 5.89 Å². The first-order valence-corrected chi connectivity index (χ1v) is 5.00. The van der Waals surface area contributed by atoms with Gasteiger partial charge in [-0.2, -0.15) is 4.98 Å². The van der Waals surface area contributed by atoms with Crippen molar-refractivity contribution in [2.45, 2.75) is 19.8 Å². The van der Waals surface area contributed by atoms with E-state index < -0.39 is 0 Å². The maximum Gasteiger partial charge on any atom is 0.253 e. The maximum atomic E-state index is 5.18. The summed E-state index contributed by atoms with van der Waals surface area (Å²) < 4.78 is 5.18. The highest BCUT2D eigenvalue weighted by Crippen LogP contribution is 2.19. The molecule has 0 atom stereocenters. The highest BCUT2D eigenvalue weighted by molar-refractivity contribution is 5.59. The molecule has 0 amide bonds. The van der Waals surface area contributed by atoms with Gasteiger partial charge in [0.05, 0.1) is 0 Å². The van der Waals surface area contributed by atoms with Crippen molar-refractivity contribution in [3.63, 3.8) is 0 Å². The minimum atomic E-state index is 0.704. The molecule has 0 N–H and O–H groups in total. The van der Waals surface area contributed by atoms with Gasteiger partial charge in [0.15, 0.2) is 5.82 Å². The Morgan fingerprint density at radius 3 is 3.00 bits per heavy atom. The van der Waals surface area contributed by atoms with Crippen LogP contribution in [0.4, 0.5) is 0 Å². The van der Waals surface area contributed by atoms with E-state index in [0.717, 1.165) is 31.8 Å². The first kappa shape index (κ1) is 9.40. The van der Waals surface area contributed by atoms with Crippen LogP contribution in [0.25, 0.3) is 5.57 Å². The second kappa shape index (κ2) is 3.92. The minimum Gasteiger partial charge on any atom is -0.334 e. The van der Waals surface area contributed by atoms with Gasteiger partial charge in [-0.1, -0.05) is 18.2 Å². The van der Waals surface area contributed by atoms with Crippen LogP contribution in [-0.4, -0.2) is 35.2 Å². The normalized spacial score (nSPS) is 18.3. The third-order valence-corrected chi connectivity index (χ3v) is 2.47. The Hall–Kier alpha value is -1.16.